The number of benzene rings is 1. The van der Waals surface area contributed by atoms with Crippen molar-refractivity contribution < 1.29 is 9.59 Å². The molecule has 4 rings (SSSR count). The minimum Gasteiger partial charge on any atom is -0.368 e. The van der Waals surface area contributed by atoms with Crippen molar-refractivity contribution in [1.29, 1.82) is 0 Å². The van der Waals surface area contributed by atoms with Crippen molar-refractivity contribution in [2.45, 2.75) is 38.4 Å². The normalized spacial score (nSPS) is 19.6. The smallest absolute Gasteiger partial charge is 0.237 e. The van der Waals surface area contributed by atoms with Gasteiger partial charge in [-0.25, -0.2) is 4.98 Å². The van der Waals surface area contributed by atoms with Gasteiger partial charge in [-0.1, -0.05) is 35.3 Å². The van der Waals surface area contributed by atoms with E-state index in [4.69, 9.17) is 28.9 Å². The summed E-state index contributed by atoms with van der Waals surface area (Å²) in [6, 6.07) is 8.67. The van der Waals surface area contributed by atoms with Crippen molar-refractivity contribution in [2.24, 2.45) is 18.7 Å². The number of nitrogens with two attached hydrogens (primary N) is 1. The Hall–Kier alpha value is -2.61. The standard InChI is InChI=1S/C24H27Cl2N5O2/c1-14(24(33)29-11-17-8-19-20(26)13-30(2)23(19)28-10-17)31-12-16(9-21(31)22(27)32)6-15-4-3-5-18(25)7-15/h3-5,7-8,10,13-14,16,21H,6,9,11-12H2,1-2H3,(H2,27,32)(H,29,33)/t14-,16?,21?/m0/s1. The molecule has 2 unspecified atom stereocenters. The quantitative estimate of drug-likeness (QED) is 0.534. The van der Waals surface area contributed by atoms with Crippen molar-refractivity contribution in [3.63, 3.8) is 0 Å². The monoisotopic (exact) mass is 487 g/mol. The number of hydrogen-bond donors (Lipinski definition) is 2. The summed E-state index contributed by atoms with van der Waals surface area (Å²) in [5.74, 6) is -0.358. The number of rotatable bonds is 7. The minimum absolute atomic E-state index is 0.163. The van der Waals surface area contributed by atoms with Crippen LogP contribution in [0, 0.1) is 5.92 Å². The maximum atomic E-state index is 12.9. The van der Waals surface area contributed by atoms with E-state index in [0.717, 1.165) is 28.6 Å². The number of hydrogen-bond acceptors (Lipinski definition) is 4. The molecular formula is C24H27Cl2N5O2. The number of aromatic nitrogens is 2. The first kappa shape index (κ1) is 23.5. The predicted molar refractivity (Wildman–Crippen MR) is 130 cm³/mol. The summed E-state index contributed by atoms with van der Waals surface area (Å²) in [4.78, 5) is 31.4. The molecule has 1 fully saturated rings. The molecule has 9 heteroatoms. The van der Waals surface area contributed by atoms with Crippen LogP contribution in [0.3, 0.4) is 0 Å². The molecule has 3 atom stereocenters. The molecule has 33 heavy (non-hydrogen) atoms. The lowest BCUT2D eigenvalue weighted by Crippen LogP contribution is -2.51. The van der Waals surface area contributed by atoms with E-state index in [1.54, 1.807) is 12.4 Å². The Labute approximate surface area is 202 Å². The van der Waals surface area contributed by atoms with Crippen LogP contribution in [0.15, 0.2) is 42.7 Å². The summed E-state index contributed by atoms with van der Waals surface area (Å²) in [5, 5.41) is 5.11. The van der Waals surface area contributed by atoms with E-state index >= 15 is 0 Å². The van der Waals surface area contributed by atoms with Crippen molar-refractivity contribution in [3.8, 4) is 0 Å². The third-order valence-electron chi connectivity index (χ3n) is 6.33. The lowest BCUT2D eigenvalue weighted by atomic mass is 9.96. The minimum atomic E-state index is -0.496. The Balaban J connectivity index is 1.41. The summed E-state index contributed by atoms with van der Waals surface area (Å²) in [6.07, 6.45) is 4.93. The van der Waals surface area contributed by atoms with Gasteiger partial charge in [0.05, 0.1) is 17.1 Å². The summed E-state index contributed by atoms with van der Waals surface area (Å²) < 4.78 is 1.86. The summed E-state index contributed by atoms with van der Waals surface area (Å²) in [7, 11) is 1.88. The molecule has 2 amide bonds. The maximum Gasteiger partial charge on any atom is 0.237 e. The number of halogens is 2. The molecule has 3 N–H and O–H groups in total. The van der Waals surface area contributed by atoms with Crippen LogP contribution in [0.25, 0.3) is 11.0 Å². The maximum absolute atomic E-state index is 12.9. The van der Waals surface area contributed by atoms with Gasteiger partial charge >= 0.3 is 0 Å². The topological polar surface area (TPSA) is 93.2 Å². The van der Waals surface area contributed by atoms with E-state index in [2.05, 4.69) is 10.3 Å². The summed E-state index contributed by atoms with van der Waals surface area (Å²) in [6.45, 7) is 2.74. The van der Waals surface area contributed by atoms with Crippen molar-refractivity contribution in [1.82, 2.24) is 19.8 Å². The number of carbonyl (C=O) groups excluding carboxylic acids is 2. The third-order valence-corrected chi connectivity index (χ3v) is 6.87. The van der Waals surface area contributed by atoms with Gasteiger partial charge in [0, 0.05) is 42.9 Å². The molecule has 0 bridgehead atoms. The third kappa shape index (κ3) is 5.16. The number of likely N-dealkylation sites (tertiary alicyclic amines) is 1. The first-order valence-electron chi connectivity index (χ1n) is 10.9. The molecule has 3 aromatic rings. The van der Waals surface area contributed by atoms with E-state index in [1.165, 1.54) is 0 Å². The van der Waals surface area contributed by atoms with Gasteiger partial charge in [0.15, 0.2) is 0 Å². The Morgan fingerprint density at radius 3 is 2.79 bits per heavy atom. The molecule has 0 spiro atoms. The molecule has 1 aliphatic rings. The van der Waals surface area contributed by atoms with Crippen molar-refractivity contribution >= 4 is 46.0 Å². The van der Waals surface area contributed by atoms with E-state index in [0.29, 0.717) is 29.6 Å². The lowest BCUT2D eigenvalue weighted by molar-refractivity contribution is -0.129. The molecule has 2 aromatic heterocycles. The van der Waals surface area contributed by atoms with Gasteiger partial charge in [-0.2, -0.15) is 0 Å². The summed E-state index contributed by atoms with van der Waals surface area (Å²) >= 11 is 12.4. The highest BCUT2D eigenvalue weighted by Gasteiger charge is 2.40. The van der Waals surface area contributed by atoms with Gasteiger partial charge in [-0.3, -0.25) is 14.5 Å². The zero-order valence-electron chi connectivity index (χ0n) is 18.6. The first-order valence-corrected chi connectivity index (χ1v) is 11.6. The van der Waals surface area contributed by atoms with E-state index in [9.17, 15) is 9.59 Å². The SMILES string of the molecule is C[C@@H](C(=O)NCc1cnc2c(c1)c(Cl)cn2C)N1CC(Cc2cccc(Cl)c2)CC1C(N)=O. The molecule has 1 saturated heterocycles. The zero-order chi connectivity index (χ0) is 23.7. The highest BCUT2D eigenvalue weighted by atomic mass is 35.5. The van der Waals surface area contributed by atoms with Crippen LogP contribution >= 0.6 is 23.2 Å². The molecule has 7 nitrogen and oxygen atoms in total. The average Bonchev–Trinajstić information content (AvgIpc) is 3.32. The fourth-order valence-corrected chi connectivity index (χ4v) is 5.14. The number of nitrogens with zero attached hydrogens (tertiary/aromatic N) is 3. The van der Waals surface area contributed by atoms with E-state index in [1.807, 2.05) is 53.8 Å². The predicted octanol–water partition coefficient (Wildman–Crippen LogP) is 3.30. The molecule has 1 aromatic carbocycles. The number of amides is 2. The van der Waals surface area contributed by atoms with Crippen LogP contribution in [0.4, 0.5) is 0 Å². The zero-order valence-corrected chi connectivity index (χ0v) is 20.1. The molecule has 0 radical (unpaired) electrons. The number of primary amides is 1. The van der Waals surface area contributed by atoms with Crippen molar-refractivity contribution in [3.05, 3.63) is 63.9 Å². The molecule has 3 heterocycles. The van der Waals surface area contributed by atoms with Crippen LogP contribution < -0.4 is 11.1 Å². The number of aryl methyl sites for hydroxylation is 1. The lowest BCUT2D eigenvalue weighted by Gasteiger charge is -2.28. The van der Waals surface area contributed by atoms with Gasteiger partial charge < -0.3 is 15.6 Å². The summed E-state index contributed by atoms with van der Waals surface area (Å²) in [5.41, 5.74) is 8.43. The largest absolute Gasteiger partial charge is 0.368 e. The second kappa shape index (κ2) is 9.71. The molecular weight excluding hydrogens is 461 g/mol. The van der Waals surface area contributed by atoms with Gasteiger partial charge in [0.1, 0.15) is 5.65 Å². The molecule has 0 saturated carbocycles. The Kier molecular flexibility index (Phi) is 6.93. The fourth-order valence-electron chi connectivity index (χ4n) is 4.65. The van der Waals surface area contributed by atoms with Gasteiger partial charge in [0.2, 0.25) is 11.8 Å². The second-order valence-corrected chi connectivity index (χ2v) is 9.59. The van der Waals surface area contributed by atoms with Crippen LogP contribution in [0.5, 0.6) is 0 Å². The van der Waals surface area contributed by atoms with Gasteiger partial charge in [-0.05, 0) is 55.0 Å². The number of carbonyl (C=O) groups is 2. The highest BCUT2D eigenvalue weighted by molar-refractivity contribution is 6.35. The van der Waals surface area contributed by atoms with Gasteiger partial charge in [0.25, 0.3) is 0 Å². The Morgan fingerprint density at radius 1 is 1.27 bits per heavy atom. The van der Waals surface area contributed by atoms with Crippen LogP contribution in [0.1, 0.15) is 24.5 Å². The van der Waals surface area contributed by atoms with Crippen molar-refractivity contribution in [2.75, 3.05) is 6.54 Å². The Bertz CT molecular complexity index is 1190. The second-order valence-electron chi connectivity index (χ2n) is 8.75. The Morgan fingerprint density at radius 2 is 2.06 bits per heavy atom. The number of fused-ring (bicyclic) bond motifs is 1. The van der Waals surface area contributed by atoms with E-state index < -0.39 is 18.0 Å². The molecule has 174 valence electrons. The van der Waals surface area contributed by atoms with E-state index in [-0.39, 0.29) is 11.8 Å². The highest BCUT2D eigenvalue weighted by Crippen LogP contribution is 2.29. The van der Waals surface area contributed by atoms with Crippen LogP contribution in [-0.4, -0.2) is 44.9 Å². The van der Waals surface area contributed by atoms with Gasteiger partial charge in [-0.15, -0.1) is 0 Å². The van der Waals surface area contributed by atoms with Crippen LogP contribution in [-0.2, 0) is 29.6 Å². The van der Waals surface area contributed by atoms with Crippen LogP contribution in [0.2, 0.25) is 10.0 Å². The average molecular weight is 488 g/mol. The molecule has 1 aliphatic heterocycles. The molecule has 0 aliphatic carbocycles. The number of pyridine rings is 1. The fraction of sp³-hybridized carbons (Fsp3) is 0.375. The first-order chi connectivity index (χ1) is 15.7. The number of nitrogens with one attached hydrogen (secondary N) is 1.